The van der Waals surface area contributed by atoms with Gasteiger partial charge in [0, 0.05) is 45.5 Å². The predicted molar refractivity (Wildman–Crippen MR) is 102 cm³/mol. The van der Waals surface area contributed by atoms with Gasteiger partial charge >= 0.3 is 6.18 Å². The molecule has 0 spiro atoms. The van der Waals surface area contributed by atoms with Crippen molar-refractivity contribution < 1.29 is 27.3 Å². The van der Waals surface area contributed by atoms with E-state index in [1.807, 2.05) is 0 Å². The number of hydrogen-bond acceptors (Lipinski definition) is 6. The van der Waals surface area contributed by atoms with E-state index in [9.17, 15) is 32.5 Å². The number of nitrogens with one attached hydrogen (secondary N) is 2. The molecule has 0 unspecified atom stereocenters. The van der Waals surface area contributed by atoms with Crippen LogP contribution in [0.4, 0.5) is 34.8 Å². The summed E-state index contributed by atoms with van der Waals surface area (Å²) in [4.78, 5) is 27.3. The monoisotopic (exact) mass is 429 g/mol. The Morgan fingerprint density at radius 1 is 1.23 bits per heavy atom. The maximum absolute atomic E-state index is 13.7. The van der Waals surface area contributed by atoms with Crippen LogP contribution in [0.3, 0.4) is 0 Å². The molecule has 12 heteroatoms. The number of rotatable bonds is 8. The fraction of sp³-hybridized carbons (Fsp3) is 0.333. The molecule has 2 N–H and O–H groups in total. The van der Waals surface area contributed by atoms with Gasteiger partial charge in [-0.05, 0) is 18.6 Å². The number of amides is 1. The highest BCUT2D eigenvalue weighted by Gasteiger charge is 2.32. The number of hydrogen-bond donors (Lipinski definition) is 2. The molecular formula is C18H19F4N5O3. The lowest BCUT2D eigenvalue weighted by Crippen LogP contribution is -2.27. The van der Waals surface area contributed by atoms with Gasteiger partial charge in [0.25, 0.3) is 11.6 Å². The number of non-ortho nitro benzene ring substituents is 1. The number of pyridine rings is 1. The third-order valence-electron chi connectivity index (χ3n) is 4.01. The second-order valence-corrected chi connectivity index (χ2v) is 6.44. The second kappa shape index (κ2) is 9.37. The molecule has 0 aliphatic heterocycles. The van der Waals surface area contributed by atoms with E-state index < -0.39 is 39.6 Å². The molecule has 1 amide bonds. The number of carbonyl (C=O) groups is 1. The van der Waals surface area contributed by atoms with Gasteiger partial charge in [0.15, 0.2) is 0 Å². The summed E-state index contributed by atoms with van der Waals surface area (Å²) in [6.45, 7) is 0.364. The molecule has 1 aromatic heterocycles. The number of aromatic nitrogens is 1. The number of nitro benzene ring substituents is 1. The molecule has 0 fully saturated rings. The molecule has 0 saturated carbocycles. The highest BCUT2D eigenvalue weighted by molar-refractivity contribution is 5.95. The van der Waals surface area contributed by atoms with Crippen molar-refractivity contribution in [2.24, 2.45) is 0 Å². The number of benzene rings is 1. The standard InChI is InChI=1S/C18H19F4N5O3/c1-26(2)15-8-11(18(20,21)22)10-25-16(15)23-6-3-7-24-17(28)13-9-12(27(29)30)4-5-14(13)19/h4-5,8-10H,3,6-7H2,1-2H3,(H,23,25)(H,24,28). The van der Waals surface area contributed by atoms with Crippen molar-refractivity contribution in [2.75, 3.05) is 37.4 Å². The van der Waals surface area contributed by atoms with Crippen LogP contribution in [0, 0.1) is 15.9 Å². The lowest BCUT2D eigenvalue weighted by Gasteiger charge is -2.19. The van der Waals surface area contributed by atoms with E-state index in [1.165, 1.54) is 4.90 Å². The van der Waals surface area contributed by atoms with E-state index in [-0.39, 0.29) is 24.6 Å². The van der Waals surface area contributed by atoms with E-state index in [0.29, 0.717) is 6.42 Å². The van der Waals surface area contributed by atoms with Crippen molar-refractivity contribution >= 4 is 23.1 Å². The van der Waals surface area contributed by atoms with Crippen molar-refractivity contribution in [1.82, 2.24) is 10.3 Å². The van der Waals surface area contributed by atoms with Crippen LogP contribution in [-0.4, -0.2) is 43.0 Å². The van der Waals surface area contributed by atoms with Gasteiger partial charge in [-0.3, -0.25) is 14.9 Å². The lowest BCUT2D eigenvalue weighted by atomic mass is 10.1. The van der Waals surface area contributed by atoms with Crippen LogP contribution < -0.4 is 15.5 Å². The number of alkyl halides is 3. The van der Waals surface area contributed by atoms with Gasteiger partial charge in [-0.1, -0.05) is 0 Å². The molecule has 2 rings (SSSR count). The average Bonchev–Trinajstić information content (AvgIpc) is 2.66. The first-order chi connectivity index (χ1) is 14.0. The van der Waals surface area contributed by atoms with E-state index in [1.54, 1.807) is 14.1 Å². The Bertz CT molecular complexity index is 935. The summed E-state index contributed by atoms with van der Waals surface area (Å²) in [6, 6.07) is 3.61. The molecule has 0 bridgehead atoms. The zero-order valence-corrected chi connectivity index (χ0v) is 16.1. The Morgan fingerprint density at radius 3 is 2.53 bits per heavy atom. The molecule has 8 nitrogen and oxygen atoms in total. The van der Waals surface area contributed by atoms with Gasteiger partial charge in [-0.2, -0.15) is 13.2 Å². The third-order valence-corrected chi connectivity index (χ3v) is 4.01. The first kappa shape index (κ1) is 22.8. The zero-order chi connectivity index (χ0) is 22.5. The maximum Gasteiger partial charge on any atom is 0.417 e. The smallest absolute Gasteiger partial charge is 0.375 e. The number of anilines is 2. The lowest BCUT2D eigenvalue weighted by molar-refractivity contribution is -0.384. The first-order valence-corrected chi connectivity index (χ1v) is 8.71. The van der Waals surface area contributed by atoms with Crippen LogP contribution in [0.1, 0.15) is 22.3 Å². The molecule has 1 heterocycles. The van der Waals surface area contributed by atoms with Gasteiger partial charge in [0.1, 0.15) is 11.6 Å². The fourth-order valence-corrected chi connectivity index (χ4v) is 2.48. The summed E-state index contributed by atoms with van der Waals surface area (Å²) in [5.41, 5.74) is -1.49. The van der Waals surface area contributed by atoms with Crippen LogP contribution in [0.25, 0.3) is 0 Å². The van der Waals surface area contributed by atoms with Gasteiger partial charge in [0.2, 0.25) is 0 Å². The average molecular weight is 429 g/mol. The van der Waals surface area contributed by atoms with Crippen LogP contribution in [0.15, 0.2) is 30.5 Å². The molecule has 0 atom stereocenters. The van der Waals surface area contributed by atoms with Gasteiger partial charge in [-0.15, -0.1) is 0 Å². The summed E-state index contributed by atoms with van der Waals surface area (Å²) in [5, 5.41) is 16.1. The normalized spacial score (nSPS) is 11.1. The number of nitrogens with zero attached hydrogens (tertiary/aromatic N) is 3. The van der Waals surface area contributed by atoms with E-state index in [0.717, 1.165) is 30.5 Å². The minimum absolute atomic E-state index is 0.103. The van der Waals surface area contributed by atoms with Crippen molar-refractivity contribution in [3.8, 4) is 0 Å². The number of nitro groups is 1. The van der Waals surface area contributed by atoms with E-state index in [2.05, 4.69) is 15.6 Å². The van der Waals surface area contributed by atoms with Crippen LogP contribution >= 0.6 is 0 Å². The van der Waals surface area contributed by atoms with Crippen molar-refractivity contribution in [3.05, 3.63) is 57.5 Å². The van der Waals surface area contributed by atoms with Crippen molar-refractivity contribution in [1.29, 1.82) is 0 Å². The van der Waals surface area contributed by atoms with Gasteiger partial charge < -0.3 is 15.5 Å². The quantitative estimate of drug-likeness (QED) is 0.289. The minimum Gasteiger partial charge on any atom is -0.375 e. The Hall–Kier alpha value is -3.44. The molecule has 2 aromatic rings. The van der Waals surface area contributed by atoms with Gasteiger partial charge in [-0.25, -0.2) is 9.37 Å². The molecule has 0 aliphatic rings. The van der Waals surface area contributed by atoms with Crippen LogP contribution in [0.5, 0.6) is 0 Å². The number of carbonyl (C=O) groups excluding carboxylic acids is 1. The highest BCUT2D eigenvalue weighted by Crippen LogP contribution is 2.33. The zero-order valence-electron chi connectivity index (χ0n) is 16.1. The number of halogens is 4. The molecule has 30 heavy (non-hydrogen) atoms. The summed E-state index contributed by atoms with van der Waals surface area (Å²) in [6.07, 6.45) is -3.44. The van der Waals surface area contributed by atoms with Gasteiger partial charge in [0.05, 0.1) is 21.7 Å². The summed E-state index contributed by atoms with van der Waals surface area (Å²) in [5.74, 6) is -1.46. The Balaban J connectivity index is 1.92. The highest BCUT2D eigenvalue weighted by atomic mass is 19.4. The molecule has 0 saturated heterocycles. The summed E-state index contributed by atoms with van der Waals surface area (Å²) < 4.78 is 52.3. The van der Waals surface area contributed by atoms with Crippen LogP contribution in [0.2, 0.25) is 0 Å². The fourth-order valence-electron chi connectivity index (χ4n) is 2.48. The van der Waals surface area contributed by atoms with Crippen molar-refractivity contribution in [2.45, 2.75) is 12.6 Å². The minimum atomic E-state index is -4.51. The van der Waals surface area contributed by atoms with E-state index >= 15 is 0 Å². The SMILES string of the molecule is CN(C)c1cc(C(F)(F)F)cnc1NCCCNC(=O)c1cc([N+](=O)[O-])ccc1F. The van der Waals surface area contributed by atoms with Crippen LogP contribution in [-0.2, 0) is 6.18 Å². The molecular weight excluding hydrogens is 410 g/mol. The Labute approximate surface area is 169 Å². The molecule has 1 aromatic carbocycles. The van der Waals surface area contributed by atoms with Crippen molar-refractivity contribution in [3.63, 3.8) is 0 Å². The molecule has 0 aliphatic carbocycles. The topological polar surface area (TPSA) is 100 Å². The maximum atomic E-state index is 13.7. The molecule has 0 radical (unpaired) electrons. The first-order valence-electron chi connectivity index (χ1n) is 8.71. The molecule has 162 valence electrons. The third kappa shape index (κ3) is 5.78. The summed E-state index contributed by atoms with van der Waals surface area (Å²) >= 11 is 0. The van der Waals surface area contributed by atoms with E-state index in [4.69, 9.17) is 0 Å². The second-order valence-electron chi connectivity index (χ2n) is 6.44. The largest absolute Gasteiger partial charge is 0.417 e. The Kier molecular flexibility index (Phi) is 7.14. The summed E-state index contributed by atoms with van der Waals surface area (Å²) in [7, 11) is 3.16. The Morgan fingerprint density at radius 2 is 1.93 bits per heavy atom. The predicted octanol–water partition coefficient (Wildman–Crippen LogP) is 3.45.